The van der Waals surface area contributed by atoms with Crippen molar-refractivity contribution >= 4 is 11.7 Å². The molecule has 0 saturated carbocycles. The van der Waals surface area contributed by atoms with E-state index < -0.39 is 0 Å². The normalized spacial score (nSPS) is 10.7. The summed E-state index contributed by atoms with van der Waals surface area (Å²) >= 11 is 0. The van der Waals surface area contributed by atoms with Crippen molar-refractivity contribution in [3.63, 3.8) is 0 Å². The minimum absolute atomic E-state index is 0.123. The highest BCUT2D eigenvalue weighted by molar-refractivity contribution is 5.91. The van der Waals surface area contributed by atoms with Crippen molar-refractivity contribution in [3.8, 4) is 5.75 Å². The molecular weight excluding hydrogens is 282 g/mol. The van der Waals surface area contributed by atoms with Crippen LogP contribution in [0.5, 0.6) is 5.75 Å². The van der Waals surface area contributed by atoms with Gasteiger partial charge in [0.1, 0.15) is 11.5 Å². The average Bonchev–Trinajstić information content (AvgIpc) is 2.86. The number of aromatic nitrogens is 1. The second-order valence-corrected chi connectivity index (χ2v) is 5.12. The van der Waals surface area contributed by atoms with Crippen LogP contribution in [0.4, 0.5) is 5.82 Å². The molecule has 0 aliphatic heterocycles. The number of aryl methyl sites for hydroxylation is 1. The second kappa shape index (κ2) is 7.61. The summed E-state index contributed by atoms with van der Waals surface area (Å²) in [6.07, 6.45) is 0. The number of rotatable bonds is 7. The van der Waals surface area contributed by atoms with E-state index in [9.17, 15) is 4.79 Å². The van der Waals surface area contributed by atoms with E-state index in [0.29, 0.717) is 24.7 Å². The van der Waals surface area contributed by atoms with Gasteiger partial charge in [-0.3, -0.25) is 9.69 Å². The number of amides is 1. The lowest BCUT2D eigenvalue weighted by Gasteiger charge is -2.16. The Morgan fingerprint density at radius 1 is 1.36 bits per heavy atom. The first-order valence-electron chi connectivity index (χ1n) is 7.20. The maximum absolute atomic E-state index is 11.9. The molecule has 118 valence electrons. The van der Waals surface area contributed by atoms with Crippen molar-refractivity contribution in [2.24, 2.45) is 0 Å². The van der Waals surface area contributed by atoms with E-state index in [0.717, 1.165) is 11.3 Å². The summed E-state index contributed by atoms with van der Waals surface area (Å²) in [5.41, 5.74) is 1.12. The Hall–Kier alpha value is -2.34. The van der Waals surface area contributed by atoms with Crippen LogP contribution >= 0.6 is 0 Å². The summed E-state index contributed by atoms with van der Waals surface area (Å²) in [6, 6.07) is 9.56. The molecule has 0 fully saturated rings. The molecule has 0 saturated heterocycles. The van der Waals surface area contributed by atoms with E-state index in [1.165, 1.54) is 0 Å². The molecule has 0 unspecified atom stereocenters. The Morgan fingerprint density at radius 3 is 2.68 bits per heavy atom. The second-order valence-electron chi connectivity index (χ2n) is 5.12. The van der Waals surface area contributed by atoms with Gasteiger partial charge in [0.05, 0.1) is 13.2 Å². The van der Waals surface area contributed by atoms with Crippen LogP contribution in [0.1, 0.15) is 18.2 Å². The zero-order valence-corrected chi connectivity index (χ0v) is 13.1. The molecule has 0 radical (unpaired) electrons. The van der Waals surface area contributed by atoms with Crippen LogP contribution in [0.15, 0.2) is 34.9 Å². The summed E-state index contributed by atoms with van der Waals surface area (Å²) < 4.78 is 10.3. The van der Waals surface area contributed by atoms with E-state index in [-0.39, 0.29) is 12.5 Å². The maximum atomic E-state index is 11.9. The smallest absolute Gasteiger partial charge is 0.239 e. The third kappa shape index (κ3) is 4.89. The van der Waals surface area contributed by atoms with Gasteiger partial charge in [0.25, 0.3) is 0 Å². The van der Waals surface area contributed by atoms with Gasteiger partial charge in [-0.2, -0.15) is 0 Å². The van der Waals surface area contributed by atoms with Crippen molar-refractivity contribution in [1.29, 1.82) is 0 Å². The first-order valence-corrected chi connectivity index (χ1v) is 7.20. The molecule has 1 aromatic carbocycles. The third-order valence-corrected chi connectivity index (χ3v) is 3.00. The van der Waals surface area contributed by atoms with Crippen molar-refractivity contribution in [3.05, 3.63) is 41.7 Å². The van der Waals surface area contributed by atoms with Crippen molar-refractivity contribution in [2.45, 2.75) is 20.4 Å². The Bertz CT molecular complexity index is 607. The van der Waals surface area contributed by atoms with Crippen LogP contribution < -0.4 is 10.1 Å². The molecule has 2 aromatic rings. The standard InChI is InChI=1S/C16H21N3O3/c1-4-21-14-7-5-13(6-8-14)10-19(3)11-16(20)17-15-9-12(2)22-18-15/h5-9H,4,10-11H2,1-3H3,(H,17,18,20). The number of hydrogen-bond donors (Lipinski definition) is 1. The lowest BCUT2D eigenvalue weighted by molar-refractivity contribution is -0.117. The van der Waals surface area contributed by atoms with Crippen LogP contribution in [0.3, 0.4) is 0 Å². The first kappa shape index (κ1) is 16.0. The maximum Gasteiger partial charge on any atom is 0.239 e. The highest BCUT2D eigenvalue weighted by Crippen LogP contribution is 2.13. The lowest BCUT2D eigenvalue weighted by atomic mass is 10.2. The minimum atomic E-state index is -0.123. The summed E-state index contributed by atoms with van der Waals surface area (Å²) in [4.78, 5) is 13.8. The molecule has 1 heterocycles. The van der Waals surface area contributed by atoms with Crippen LogP contribution in [-0.2, 0) is 11.3 Å². The summed E-state index contributed by atoms with van der Waals surface area (Å²) in [6.45, 7) is 5.34. The van der Waals surface area contributed by atoms with E-state index in [1.54, 1.807) is 13.0 Å². The highest BCUT2D eigenvalue weighted by atomic mass is 16.5. The predicted molar refractivity (Wildman–Crippen MR) is 83.8 cm³/mol. The molecule has 0 aliphatic rings. The Morgan fingerprint density at radius 2 is 2.09 bits per heavy atom. The fourth-order valence-corrected chi connectivity index (χ4v) is 2.08. The molecule has 1 N–H and O–H groups in total. The minimum Gasteiger partial charge on any atom is -0.494 e. The van der Waals surface area contributed by atoms with Gasteiger partial charge in [-0.1, -0.05) is 17.3 Å². The van der Waals surface area contributed by atoms with Gasteiger partial charge < -0.3 is 14.6 Å². The Labute approximate surface area is 130 Å². The fourth-order valence-electron chi connectivity index (χ4n) is 2.08. The van der Waals surface area contributed by atoms with Gasteiger partial charge in [0.2, 0.25) is 5.91 Å². The Kier molecular flexibility index (Phi) is 5.55. The molecule has 6 heteroatoms. The van der Waals surface area contributed by atoms with Crippen LogP contribution in [0, 0.1) is 6.92 Å². The lowest BCUT2D eigenvalue weighted by Crippen LogP contribution is -2.29. The number of nitrogens with zero attached hydrogens (tertiary/aromatic N) is 2. The molecule has 0 atom stereocenters. The van der Waals surface area contributed by atoms with Gasteiger partial charge in [0, 0.05) is 12.6 Å². The predicted octanol–water partition coefficient (Wildman–Crippen LogP) is 2.45. The topological polar surface area (TPSA) is 67.6 Å². The van der Waals surface area contributed by atoms with Crippen molar-refractivity contribution in [2.75, 3.05) is 25.5 Å². The number of carbonyl (C=O) groups excluding carboxylic acids is 1. The molecule has 0 aliphatic carbocycles. The summed E-state index contributed by atoms with van der Waals surface area (Å²) in [5.74, 6) is 1.84. The zero-order valence-electron chi connectivity index (χ0n) is 13.1. The number of likely N-dealkylation sites (N-methyl/N-ethyl adjacent to an activating group) is 1. The van der Waals surface area contributed by atoms with Gasteiger partial charge in [-0.15, -0.1) is 0 Å². The number of carbonyl (C=O) groups is 1. The molecule has 22 heavy (non-hydrogen) atoms. The molecule has 0 spiro atoms. The Balaban J connectivity index is 1.81. The van der Waals surface area contributed by atoms with E-state index in [4.69, 9.17) is 9.26 Å². The number of hydrogen-bond acceptors (Lipinski definition) is 5. The van der Waals surface area contributed by atoms with Crippen molar-refractivity contribution in [1.82, 2.24) is 10.1 Å². The molecule has 6 nitrogen and oxygen atoms in total. The van der Waals surface area contributed by atoms with Crippen LogP contribution in [0.25, 0.3) is 0 Å². The summed E-state index contributed by atoms with van der Waals surface area (Å²) in [5, 5.41) is 6.43. The number of nitrogens with one attached hydrogen (secondary N) is 1. The molecule has 2 rings (SSSR count). The molecular formula is C16H21N3O3. The van der Waals surface area contributed by atoms with Crippen molar-refractivity contribution < 1.29 is 14.1 Å². The fraction of sp³-hybridized carbons (Fsp3) is 0.375. The number of anilines is 1. The van der Waals surface area contributed by atoms with Gasteiger partial charge in [0.15, 0.2) is 5.82 Å². The summed E-state index contributed by atoms with van der Waals surface area (Å²) in [7, 11) is 1.89. The zero-order chi connectivity index (χ0) is 15.9. The number of ether oxygens (including phenoxy) is 1. The highest BCUT2D eigenvalue weighted by Gasteiger charge is 2.09. The van der Waals surface area contributed by atoms with Crippen LogP contribution in [0.2, 0.25) is 0 Å². The third-order valence-electron chi connectivity index (χ3n) is 3.00. The van der Waals surface area contributed by atoms with E-state index in [1.807, 2.05) is 43.1 Å². The average molecular weight is 303 g/mol. The van der Waals surface area contributed by atoms with E-state index >= 15 is 0 Å². The SMILES string of the molecule is CCOc1ccc(CN(C)CC(=O)Nc2cc(C)on2)cc1. The first-order chi connectivity index (χ1) is 10.6. The van der Waals surface area contributed by atoms with Gasteiger partial charge >= 0.3 is 0 Å². The largest absolute Gasteiger partial charge is 0.494 e. The van der Waals surface area contributed by atoms with Gasteiger partial charge in [-0.25, -0.2) is 0 Å². The molecule has 1 aromatic heterocycles. The molecule has 1 amide bonds. The number of benzene rings is 1. The quantitative estimate of drug-likeness (QED) is 0.851. The van der Waals surface area contributed by atoms with E-state index in [2.05, 4.69) is 10.5 Å². The molecule has 0 bridgehead atoms. The van der Waals surface area contributed by atoms with Gasteiger partial charge in [-0.05, 0) is 38.6 Å². The monoisotopic (exact) mass is 303 g/mol. The van der Waals surface area contributed by atoms with Crippen LogP contribution in [-0.4, -0.2) is 36.2 Å².